The SMILES string of the molecule is C#CCOc1ccc2c(c1)c(-c1ccc(C(C)C)cc1)nc(=O)n2Cc1ccccc1Cl. The van der Waals surface area contributed by atoms with Crippen molar-refractivity contribution in [3.63, 3.8) is 0 Å². The molecule has 0 amide bonds. The van der Waals surface area contributed by atoms with Gasteiger partial charge in [-0.2, -0.15) is 4.98 Å². The van der Waals surface area contributed by atoms with Gasteiger partial charge in [0.25, 0.3) is 0 Å². The van der Waals surface area contributed by atoms with Gasteiger partial charge in [0.2, 0.25) is 0 Å². The van der Waals surface area contributed by atoms with E-state index in [9.17, 15) is 4.79 Å². The lowest BCUT2D eigenvalue weighted by molar-refractivity contribution is 0.371. The molecule has 4 aromatic rings. The number of halogens is 1. The van der Waals surface area contributed by atoms with Crippen LogP contribution in [0.1, 0.15) is 30.9 Å². The number of ether oxygens (including phenoxy) is 1. The normalized spacial score (nSPS) is 11.0. The zero-order valence-corrected chi connectivity index (χ0v) is 18.8. The molecule has 0 spiro atoms. The van der Waals surface area contributed by atoms with Gasteiger partial charge in [-0.1, -0.05) is 73.8 Å². The Morgan fingerprint density at radius 1 is 1.09 bits per heavy atom. The Morgan fingerprint density at radius 3 is 2.53 bits per heavy atom. The summed E-state index contributed by atoms with van der Waals surface area (Å²) in [6.07, 6.45) is 5.35. The van der Waals surface area contributed by atoms with Crippen LogP contribution in [0.2, 0.25) is 5.02 Å². The van der Waals surface area contributed by atoms with E-state index in [2.05, 4.69) is 36.9 Å². The minimum atomic E-state index is -0.336. The third kappa shape index (κ3) is 4.39. The van der Waals surface area contributed by atoms with Crippen molar-refractivity contribution in [3.8, 4) is 29.4 Å². The van der Waals surface area contributed by atoms with Crippen LogP contribution in [0.15, 0.2) is 71.5 Å². The summed E-state index contributed by atoms with van der Waals surface area (Å²) in [5, 5.41) is 1.42. The molecule has 0 saturated carbocycles. The number of hydrogen-bond donors (Lipinski definition) is 0. The number of fused-ring (bicyclic) bond motifs is 1. The van der Waals surface area contributed by atoms with E-state index in [0.717, 1.165) is 22.0 Å². The standard InChI is InChI=1S/C27H23ClN2O2/c1-4-15-32-22-13-14-25-23(16-22)26(20-11-9-19(10-12-20)18(2)3)29-27(31)30(25)17-21-7-5-6-8-24(21)28/h1,5-14,16,18H,15,17H2,2-3H3. The first-order chi connectivity index (χ1) is 15.5. The maximum Gasteiger partial charge on any atom is 0.348 e. The first kappa shape index (κ1) is 21.7. The average Bonchev–Trinajstić information content (AvgIpc) is 2.80. The third-order valence-corrected chi connectivity index (χ3v) is 5.78. The second-order valence-corrected chi connectivity index (χ2v) is 8.28. The number of nitrogens with zero attached hydrogens (tertiary/aromatic N) is 2. The summed E-state index contributed by atoms with van der Waals surface area (Å²) < 4.78 is 7.27. The molecule has 0 aliphatic carbocycles. The predicted molar refractivity (Wildman–Crippen MR) is 130 cm³/mol. The van der Waals surface area contributed by atoms with E-state index in [-0.39, 0.29) is 12.3 Å². The summed E-state index contributed by atoms with van der Waals surface area (Å²) in [6, 6.07) is 21.2. The number of terminal acetylenes is 1. The maximum absolute atomic E-state index is 13.1. The monoisotopic (exact) mass is 442 g/mol. The Balaban J connectivity index is 1.91. The number of benzene rings is 3. The molecule has 0 radical (unpaired) electrons. The van der Waals surface area contributed by atoms with Crippen molar-refractivity contribution < 1.29 is 4.74 Å². The van der Waals surface area contributed by atoms with Gasteiger partial charge < -0.3 is 4.74 Å². The topological polar surface area (TPSA) is 44.1 Å². The van der Waals surface area contributed by atoms with Crippen molar-refractivity contribution in [1.29, 1.82) is 0 Å². The highest BCUT2D eigenvalue weighted by atomic mass is 35.5. The molecule has 4 nitrogen and oxygen atoms in total. The molecule has 0 atom stereocenters. The number of hydrogen-bond acceptors (Lipinski definition) is 3. The fourth-order valence-electron chi connectivity index (χ4n) is 3.67. The first-order valence-corrected chi connectivity index (χ1v) is 10.8. The Bertz CT molecular complexity index is 1370. The van der Waals surface area contributed by atoms with Crippen molar-refractivity contribution in [2.45, 2.75) is 26.3 Å². The van der Waals surface area contributed by atoms with Crippen LogP contribution in [-0.4, -0.2) is 16.2 Å². The molecule has 1 aromatic heterocycles. The molecule has 0 saturated heterocycles. The van der Waals surface area contributed by atoms with E-state index in [1.807, 2.05) is 54.6 Å². The summed E-state index contributed by atoms with van der Waals surface area (Å²) >= 11 is 6.35. The summed E-state index contributed by atoms with van der Waals surface area (Å²) in [4.78, 5) is 17.6. The lowest BCUT2D eigenvalue weighted by Gasteiger charge is -2.15. The predicted octanol–water partition coefficient (Wildman–Crippen LogP) is 5.90. The second-order valence-electron chi connectivity index (χ2n) is 7.87. The number of aromatic nitrogens is 2. The van der Waals surface area contributed by atoms with E-state index in [0.29, 0.717) is 28.9 Å². The largest absolute Gasteiger partial charge is 0.481 e. The van der Waals surface area contributed by atoms with Crippen LogP contribution >= 0.6 is 11.6 Å². The van der Waals surface area contributed by atoms with Gasteiger partial charge in [-0.15, -0.1) is 6.42 Å². The summed E-state index contributed by atoms with van der Waals surface area (Å²) in [7, 11) is 0. The molecule has 0 N–H and O–H groups in total. The number of rotatable bonds is 6. The van der Waals surface area contributed by atoms with Crippen molar-refractivity contribution in [3.05, 3.63) is 93.4 Å². The summed E-state index contributed by atoms with van der Waals surface area (Å²) in [5.74, 6) is 3.52. The van der Waals surface area contributed by atoms with Crippen molar-refractivity contribution in [2.75, 3.05) is 6.61 Å². The molecule has 1 heterocycles. The van der Waals surface area contributed by atoms with Gasteiger partial charge in [0.05, 0.1) is 17.8 Å². The molecule has 0 aliphatic rings. The van der Waals surface area contributed by atoms with Crippen LogP contribution in [0, 0.1) is 12.3 Å². The zero-order valence-electron chi connectivity index (χ0n) is 18.0. The minimum Gasteiger partial charge on any atom is -0.481 e. The zero-order chi connectivity index (χ0) is 22.7. The van der Waals surface area contributed by atoms with Crippen LogP contribution in [0.25, 0.3) is 22.2 Å². The fraction of sp³-hybridized carbons (Fsp3) is 0.185. The van der Waals surface area contributed by atoms with Gasteiger partial charge in [0.1, 0.15) is 12.4 Å². The molecule has 0 unspecified atom stereocenters. The molecule has 32 heavy (non-hydrogen) atoms. The Kier molecular flexibility index (Phi) is 6.30. The lowest BCUT2D eigenvalue weighted by atomic mass is 9.99. The van der Waals surface area contributed by atoms with Crippen molar-refractivity contribution >= 4 is 22.5 Å². The molecule has 3 aromatic carbocycles. The van der Waals surface area contributed by atoms with Gasteiger partial charge >= 0.3 is 5.69 Å². The minimum absolute atomic E-state index is 0.163. The lowest BCUT2D eigenvalue weighted by Crippen LogP contribution is -2.24. The molecule has 160 valence electrons. The summed E-state index contributed by atoms with van der Waals surface area (Å²) in [5.41, 5.74) is 3.97. The van der Waals surface area contributed by atoms with Gasteiger partial charge in [0.15, 0.2) is 0 Å². The Morgan fingerprint density at radius 2 is 1.84 bits per heavy atom. The van der Waals surface area contributed by atoms with Gasteiger partial charge in [-0.05, 0) is 41.3 Å². The van der Waals surface area contributed by atoms with E-state index in [1.165, 1.54) is 5.56 Å². The van der Waals surface area contributed by atoms with Gasteiger partial charge in [0, 0.05) is 16.0 Å². The van der Waals surface area contributed by atoms with Gasteiger partial charge in [-0.3, -0.25) is 4.57 Å². The Hall–Kier alpha value is -3.55. The van der Waals surface area contributed by atoms with Crippen LogP contribution in [0.3, 0.4) is 0 Å². The highest BCUT2D eigenvalue weighted by molar-refractivity contribution is 6.31. The second kappa shape index (κ2) is 9.30. The van der Waals surface area contributed by atoms with Crippen LogP contribution < -0.4 is 10.4 Å². The highest BCUT2D eigenvalue weighted by Gasteiger charge is 2.15. The first-order valence-electron chi connectivity index (χ1n) is 10.4. The fourth-order valence-corrected chi connectivity index (χ4v) is 3.87. The highest BCUT2D eigenvalue weighted by Crippen LogP contribution is 2.30. The third-order valence-electron chi connectivity index (χ3n) is 5.41. The van der Waals surface area contributed by atoms with Crippen LogP contribution in [0.5, 0.6) is 5.75 Å². The molecular weight excluding hydrogens is 420 g/mol. The summed E-state index contributed by atoms with van der Waals surface area (Å²) in [6.45, 7) is 4.77. The quantitative estimate of drug-likeness (QED) is 0.349. The molecule has 5 heteroatoms. The molecule has 0 bridgehead atoms. The van der Waals surface area contributed by atoms with Crippen LogP contribution in [0.4, 0.5) is 0 Å². The maximum atomic E-state index is 13.1. The molecule has 0 fully saturated rings. The molecule has 0 aliphatic heterocycles. The van der Waals surface area contributed by atoms with Gasteiger partial charge in [-0.25, -0.2) is 4.79 Å². The molecular formula is C27H23ClN2O2. The van der Waals surface area contributed by atoms with E-state index in [1.54, 1.807) is 4.57 Å². The van der Waals surface area contributed by atoms with E-state index >= 15 is 0 Å². The van der Waals surface area contributed by atoms with Crippen LogP contribution in [-0.2, 0) is 6.54 Å². The van der Waals surface area contributed by atoms with E-state index in [4.69, 9.17) is 22.8 Å². The molecule has 4 rings (SSSR count). The Labute approximate surface area is 192 Å². The average molecular weight is 443 g/mol. The van der Waals surface area contributed by atoms with Crippen molar-refractivity contribution in [2.24, 2.45) is 0 Å². The smallest absolute Gasteiger partial charge is 0.348 e. The van der Waals surface area contributed by atoms with Crippen molar-refractivity contribution in [1.82, 2.24) is 9.55 Å². The van der Waals surface area contributed by atoms with E-state index < -0.39 is 0 Å².